The van der Waals surface area contributed by atoms with Crippen LogP contribution in [0.3, 0.4) is 0 Å². The molecule has 8 heteroatoms. The van der Waals surface area contributed by atoms with Crippen molar-refractivity contribution in [3.05, 3.63) is 34.5 Å². The molecule has 0 atom stereocenters. The molecule has 3 N–H and O–H groups in total. The highest BCUT2D eigenvalue weighted by Gasteiger charge is 2.25. The van der Waals surface area contributed by atoms with Crippen LogP contribution < -0.4 is 11.3 Å². The van der Waals surface area contributed by atoms with Crippen molar-refractivity contribution in [2.45, 2.75) is 64.0 Å². The fourth-order valence-electron chi connectivity index (χ4n) is 3.22. The number of nitrogens with zero attached hydrogens (tertiary/aromatic N) is 3. The fraction of sp³-hybridized carbons (Fsp3) is 0.588. The molecule has 0 aromatic carbocycles. The Morgan fingerprint density at radius 3 is 2.64 bits per heavy atom. The summed E-state index contributed by atoms with van der Waals surface area (Å²) in [4.78, 5) is 19.4. The molecule has 25 heavy (non-hydrogen) atoms. The molecule has 0 unspecified atom stereocenters. The molecule has 3 rings (SSSR count). The fourth-order valence-corrected chi connectivity index (χ4v) is 3.22. The maximum absolute atomic E-state index is 12.0. The maximum Gasteiger partial charge on any atom is 0.259 e. The first-order chi connectivity index (χ1) is 11.2. The molecule has 0 amide bonds. The van der Waals surface area contributed by atoms with Gasteiger partial charge in [-0.3, -0.25) is 4.79 Å². The van der Waals surface area contributed by atoms with Crippen LogP contribution in [0.4, 0.5) is 0 Å². The minimum atomic E-state index is -0.141. The largest absolute Gasteiger partial charge is 0.328 e. The number of hydrogen-bond donors (Lipinski definition) is 2. The normalized spacial score (nSPS) is 19.8. The highest BCUT2D eigenvalue weighted by molar-refractivity contribution is 5.85. The van der Waals surface area contributed by atoms with E-state index in [0.717, 1.165) is 50.9 Å². The highest BCUT2D eigenvalue weighted by atomic mass is 35.5. The number of aromatic amines is 1. The number of aryl methyl sites for hydroxylation is 1. The monoisotopic (exact) mass is 387 g/mol. The lowest BCUT2D eigenvalue weighted by molar-refractivity contribution is 0.369. The summed E-state index contributed by atoms with van der Waals surface area (Å²) >= 11 is 0. The van der Waals surface area contributed by atoms with E-state index in [1.807, 2.05) is 10.7 Å². The van der Waals surface area contributed by atoms with Crippen LogP contribution in [0, 0.1) is 0 Å². The van der Waals surface area contributed by atoms with Gasteiger partial charge in [0, 0.05) is 24.7 Å². The van der Waals surface area contributed by atoms with Crippen molar-refractivity contribution in [3.8, 4) is 11.4 Å². The molecule has 2 aromatic rings. The molecule has 0 radical (unpaired) electrons. The van der Waals surface area contributed by atoms with Gasteiger partial charge in [0.2, 0.25) is 0 Å². The first-order valence-corrected chi connectivity index (χ1v) is 8.57. The minimum absolute atomic E-state index is 0. The van der Waals surface area contributed by atoms with Crippen molar-refractivity contribution in [1.29, 1.82) is 0 Å². The van der Waals surface area contributed by atoms with Crippen molar-refractivity contribution >= 4 is 24.8 Å². The Morgan fingerprint density at radius 1 is 1.28 bits per heavy atom. The number of unbranched alkanes of at least 4 members (excludes halogenated alkanes) is 1. The van der Waals surface area contributed by atoms with Gasteiger partial charge in [-0.05, 0) is 44.2 Å². The number of hydrogen-bond acceptors (Lipinski definition) is 4. The Bertz CT molecular complexity index is 707. The Morgan fingerprint density at radius 2 is 2.00 bits per heavy atom. The summed E-state index contributed by atoms with van der Waals surface area (Å²) in [6.45, 7) is 3.02. The number of H-pyrrole nitrogens is 1. The second kappa shape index (κ2) is 9.94. The van der Waals surface area contributed by atoms with Crippen LogP contribution in [0.5, 0.6) is 0 Å². The first kappa shape index (κ1) is 21.7. The molecular formula is C17H27Cl2N5O. The second-order valence-corrected chi connectivity index (χ2v) is 6.39. The van der Waals surface area contributed by atoms with E-state index < -0.39 is 0 Å². The quantitative estimate of drug-likeness (QED) is 0.823. The smallest absolute Gasteiger partial charge is 0.259 e. The van der Waals surface area contributed by atoms with Gasteiger partial charge in [0.15, 0.2) is 5.82 Å². The van der Waals surface area contributed by atoms with Crippen LogP contribution in [0.25, 0.3) is 11.4 Å². The number of nitrogens with two attached hydrogens (primary N) is 1. The minimum Gasteiger partial charge on any atom is -0.328 e. The zero-order valence-electron chi connectivity index (χ0n) is 14.5. The van der Waals surface area contributed by atoms with Crippen molar-refractivity contribution in [3.63, 3.8) is 0 Å². The molecule has 2 aromatic heterocycles. The molecular weight excluding hydrogens is 361 g/mol. The summed E-state index contributed by atoms with van der Waals surface area (Å²) in [5.74, 6) is 1.95. The van der Waals surface area contributed by atoms with Gasteiger partial charge >= 0.3 is 0 Å². The Labute approximate surface area is 160 Å². The third-order valence-electron chi connectivity index (χ3n) is 4.62. The molecule has 1 aliphatic rings. The van der Waals surface area contributed by atoms with Gasteiger partial charge in [-0.2, -0.15) is 5.10 Å². The number of halogens is 2. The lowest BCUT2D eigenvalue weighted by Crippen LogP contribution is -2.27. The number of rotatable bonds is 5. The predicted molar refractivity (Wildman–Crippen MR) is 105 cm³/mol. The molecule has 2 heterocycles. The van der Waals surface area contributed by atoms with Crippen LogP contribution in [0.1, 0.15) is 57.2 Å². The number of pyridine rings is 1. The van der Waals surface area contributed by atoms with Crippen LogP contribution in [-0.4, -0.2) is 25.8 Å². The Hall–Kier alpha value is -1.37. The van der Waals surface area contributed by atoms with E-state index in [0.29, 0.717) is 23.3 Å². The Balaban J connectivity index is 0.00000156. The van der Waals surface area contributed by atoms with Gasteiger partial charge in [0.25, 0.3) is 5.56 Å². The van der Waals surface area contributed by atoms with E-state index in [9.17, 15) is 4.79 Å². The molecule has 0 bridgehead atoms. The third-order valence-corrected chi connectivity index (χ3v) is 4.62. The average Bonchev–Trinajstić information content (AvgIpc) is 2.98. The molecule has 0 aliphatic heterocycles. The van der Waals surface area contributed by atoms with E-state index in [-0.39, 0.29) is 30.4 Å². The zero-order chi connectivity index (χ0) is 16.2. The summed E-state index contributed by atoms with van der Waals surface area (Å²) in [6.07, 6.45) is 7.97. The highest BCUT2D eigenvalue weighted by Crippen LogP contribution is 2.32. The third kappa shape index (κ3) is 5.06. The maximum atomic E-state index is 12.0. The first-order valence-electron chi connectivity index (χ1n) is 8.57. The molecule has 1 saturated carbocycles. The van der Waals surface area contributed by atoms with Gasteiger partial charge < -0.3 is 10.7 Å². The van der Waals surface area contributed by atoms with Crippen molar-refractivity contribution in [2.75, 3.05) is 0 Å². The van der Waals surface area contributed by atoms with Gasteiger partial charge in [-0.1, -0.05) is 13.3 Å². The summed E-state index contributed by atoms with van der Waals surface area (Å²) in [5.41, 5.74) is 6.42. The van der Waals surface area contributed by atoms with Gasteiger partial charge in [-0.15, -0.1) is 24.8 Å². The van der Waals surface area contributed by atoms with Gasteiger partial charge in [0.05, 0.1) is 5.56 Å². The van der Waals surface area contributed by atoms with E-state index in [1.165, 1.54) is 0 Å². The average molecular weight is 388 g/mol. The molecule has 0 saturated heterocycles. The van der Waals surface area contributed by atoms with E-state index in [2.05, 4.69) is 17.0 Å². The van der Waals surface area contributed by atoms with Crippen LogP contribution in [-0.2, 0) is 6.54 Å². The number of nitrogens with one attached hydrogen (secondary N) is 1. The van der Waals surface area contributed by atoms with Gasteiger partial charge in [-0.25, -0.2) is 9.67 Å². The summed E-state index contributed by atoms with van der Waals surface area (Å²) in [5, 5.41) is 4.63. The van der Waals surface area contributed by atoms with Crippen LogP contribution in [0.15, 0.2) is 23.1 Å². The van der Waals surface area contributed by atoms with Crippen LogP contribution >= 0.6 is 24.8 Å². The zero-order valence-corrected chi connectivity index (χ0v) is 16.1. The molecule has 1 aliphatic carbocycles. The van der Waals surface area contributed by atoms with Crippen LogP contribution in [0.2, 0.25) is 0 Å². The van der Waals surface area contributed by atoms with E-state index in [4.69, 9.17) is 10.7 Å². The topological polar surface area (TPSA) is 89.6 Å². The SMILES string of the molecule is CCCCn1nc(-c2ccc[nH]c2=O)nc1C1CCC(N)CC1.Cl.Cl. The predicted octanol–water partition coefficient (Wildman–Crippen LogP) is 3.26. The van der Waals surface area contributed by atoms with Gasteiger partial charge in [0.1, 0.15) is 5.82 Å². The standard InChI is InChI=1S/C17H25N5O.2ClH/c1-2-3-11-22-16(12-6-8-13(18)9-7-12)20-15(21-22)14-5-4-10-19-17(14)23;;/h4-5,10,12-13H,2-3,6-9,11,18H2,1H3,(H,19,23);2*1H. The lowest BCUT2D eigenvalue weighted by Gasteiger charge is -2.25. The van der Waals surface area contributed by atoms with Crippen molar-refractivity contribution in [2.24, 2.45) is 5.73 Å². The summed E-state index contributed by atoms with van der Waals surface area (Å²) in [6, 6.07) is 3.90. The second-order valence-electron chi connectivity index (χ2n) is 6.39. The van der Waals surface area contributed by atoms with Crippen molar-refractivity contribution in [1.82, 2.24) is 19.7 Å². The molecule has 140 valence electrons. The van der Waals surface area contributed by atoms with Crippen molar-refractivity contribution < 1.29 is 0 Å². The number of aromatic nitrogens is 4. The molecule has 6 nitrogen and oxygen atoms in total. The van der Waals surface area contributed by atoms with E-state index in [1.54, 1.807) is 12.3 Å². The molecule has 1 fully saturated rings. The lowest BCUT2D eigenvalue weighted by atomic mass is 9.86. The molecule has 0 spiro atoms. The summed E-state index contributed by atoms with van der Waals surface area (Å²) < 4.78 is 2.01. The van der Waals surface area contributed by atoms with E-state index >= 15 is 0 Å². The summed E-state index contributed by atoms with van der Waals surface area (Å²) in [7, 11) is 0. The Kier molecular flexibility index (Phi) is 8.62.